The predicted molar refractivity (Wildman–Crippen MR) is 186 cm³/mol. The highest BCUT2D eigenvalue weighted by molar-refractivity contribution is 8.93. The average molecular weight is 791 g/mol. The predicted octanol–water partition coefficient (Wildman–Crippen LogP) is 3.81. The number of hydrogen-bond donors (Lipinski definition) is 1. The SMILES string of the molecule is Br.O=C(CN(C1=NCCS1)c1ccccc1)c1ccc(F)cc1.OC1(c2ccc(F)cc2)CN(c2ccccc2)C2=[N+]1CCS2.[Br-]. The molecule has 240 valence electrons. The molecular weight excluding hydrogens is 758 g/mol. The number of aliphatic imine (C=N–C) groups is 1. The summed E-state index contributed by atoms with van der Waals surface area (Å²) in [7, 11) is 0. The first-order valence-electron chi connectivity index (χ1n) is 14.3. The molecule has 0 bridgehead atoms. The summed E-state index contributed by atoms with van der Waals surface area (Å²) in [6.45, 7) is 2.21. The summed E-state index contributed by atoms with van der Waals surface area (Å²) in [4.78, 5) is 21.0. The summed E-state index contributed by atoms with van der Waals surface area (Å²) in [5.41, 5.74) is 2.13. The lowest BCUT2D eigenvalue weighted by Crippen LogP contribution is -3.00. The van der Waals surface area contributed by atoms with Gasteiger partial charge in [-0.1, -0.05) is 48.2 Å². The van der Waals surface area contributed by atoms with E-state index >= 15 is 0 Å². The zero-order valence-corrected chi connectivity index (χ0v) is 29.6. The van der Waals surface area contributed by atoms with Crippen LogP contribution in [0.5, 0.6) is 0 Å². The Morgan fingerprint density at radius 1 is 0.870 bits per heavy atom. The Morgan fingerprint density at radius 2 is 1.48 bits per heavy atom. The maximum Gasteiger partial charge on any atom is 0.316 e. The number of aliphatic hydroxyl groups is 1. The van der Waals surface area contributed by atoms with Gasteiger partial charge in [0.1, 0.15) is 17.3 Å². The summed E-state index contributed by atoms with van der Waals surface area (Å²) in [6, 6.07) is 31.6. The molecule has 0 fully saturated rings. The van der Waals surface area contributed by atoms with Gasteiger partial charge >= 0.3 is 5.17 Å². The maximum atomic E-state index is 13.2. The summed E-state index contributed by atoms with van der Waals surface area (Å²) in [5.74, 6) is 1.20. The molecule has 46 heavy (non-hydrogen) atoms. The maximum absolute atomic E-state index is 13.2. The van der Waals surface area contributed by atoms with E-state index in [0.29, 0.717) is 12.1 Å². The van der Waals surface area contributed by atoms with Crippen LogP contribution in [0, 0.1) is 11.6 Å². The van der Waals surface area contributed by atoms with Gasteiger partial charge in [-0.2, -0.15) is 0 Å². The number of amidine groups is 2. The van der Waals surface area contributed by atoms with Crippen molar-refractivity contribution >= 4 is 68.0 Å². The second kappa shape index (κ2) is 16.2. The van der Waals surface area contributed by atoms with E-state index in [4.69, 9.17) is 0 Å². The van der Waals surface area contributed by atoms with E-state index in [1.807, 2.05) is 70.1 Å². The number of ketones is 1. The summed E-state index contributed by atoms with van der Waals surface area (Å²) >= 11 is 3.40. The minimum Gasteiger partial charge on any atom is -1.00 e. The van der Waals surface area contributed by atoms with E-state index in [0.717, 1.165) is 51.9 Å². The number of carbonyl (C=O) groups excluding carboxylic acids is 1. The molecule has 0 saturated heterocycles. The van der Waals surface area contributed by atoms with Crippen LogP contribution in [0.4, 0.5) is 20.2 Å². The monoisotopic (exact) mass is 788 g/mol. The molecule has 3 aliphatic rings. The number of nitrogens with zero attached hydrogens (tertiary/aromatic N) is 4. The minimum atomic E-state index is -1.11. The molecular formula is C34H32Br2F2N4O2S2. The second-order valence-electron chi connectivity index (χ2n) is 10.4. The van der Waals surface area contributed by atoms with E-state index in [1.165, 1.54) is 36.4 Å². The minimum absolute atomic E-state index is 0. The number of para-hydroxylation sites is 2. The molecule has 1 atom stereocenters. The lowest BCUT2D eigenvalue weighted by atomic mass is 10.0. The van der Waals surface area contributed by atoms with Crippen molar-refractivity contribution in [3.05, 3.63) is 132 Å². The number of Topliss-reactive ketones (excluding diaryl/α,β-unsaturated/α-hetero) is 1. The van der Waals surface area contributed by atoms with Crippen molar-refractivity contribution in [2.24, 2.45) is 4.99 Å². The molecule has 0 radical (unpaired) electrons. The van der Waals surface area contributed by atoms with Gasteiger partial charge in [0.2, 0.25) is 0 Å². The quantitative estimate of drug-likeness (QED) is 0.237. The summed E-state index contributed by atoms with van der Waals surface area (Å²) in [6.07, 6.45) is 0. The summed E-state index contributed by atoms with van der Waals surface area (Å²) < 4.78 is 28.2. The van der Waals surface area contributed by atoms with Crippen molar-refractivity contribution in [3.63, 3.8) is 0 Å². The molecule has 4 aromatic rings. The first kappa shape index (κ1) is 35.8. The largest absolute Gasteiger partial charge is 1.00 e. The first-order valence-corrected chi connectivity index (χ1v) is 16.3. The topological polar surface area (TPSA) is 59.2 Å². The Labute approximate surface area is 296 Å². The van der Waals surface area contributed by atoms with Crippen molar-refractivity contribution in [3.8, 4) is 0 Å². The average Bonchev–Trinajstić information content (AvgIpc) is 3.82. The zero-order chi connectivity index (χ0) is 30.5. The highest BCUT2D eigenvalue weighted by Crippen LogP contribution is 2.38. The molecule has 1 N–H and O–H groups in total. The molecule has 0 aliphatic carbocycles. The molecule has 3 aliphatic heterocycles. The first-order chi connectivity index (χ1) is 21.4. The molecule has 0 aromatic heterocycles. The van der Waals surface area contributed by atoms with Crippen LogP contribution in [0.2, 0.25) is 0 Å². The van der Waals surface area contributed by atoms with Gasteiger partial charge in [-0.3, -0.25) is 9.79 Å². The van der Waals surface area contributed by atoms with Crippen LogP contribution in [0.15, 0.2) is 114 Å². The van der Waals surface area contributed by atoms with E-state index in [9.17, 15) is 18.7 Å². The van der Waals surface area contributed by atoms with Gasteiger partial charge < -0.3 is 27.0 Å². The van der Waals surface area contributed by atoms with Crippen LogP contribution in [-0.4, -0.2) is 63.5 Å². The van der Waals surface area contributed by atoms with Crippen molar-refractivity contribution in [1.29, 1.82) is 0 Å². The second-order valence-corrected chi connectivity index (χ2v) is 12.5. The highest BCUT2D eigenvalue weighted by atomic mass is 79.9. The standard InChI is InChI=1S/C17H16FN2OS.C17H15FN2OS.2BrH/c18-14-8-6-13(7-9-14)17(21)12-19(15-4-2-1-3-5-15)16-20(17)10-11-22-16;18-14-8-6-13(7-9-14)16(21)12-20(17-19-10-11-22-17)15-4-2-1-3-5-15;;/h1-9,21H,10-12H2;1-9H,10-12H2;2*1H/q+1;;;/p-1. The molecule has 0 saturated carbocycles. The lowest BCUT2D eigenvalue weighted by molar-refractivity contribution is -0.650. The number of hydrogen-bond acceptors (Lipinski definition) is 7. The fraction of sp³-hybridized carbons (Fsp3) is 0.206. The van der Waals surface area contributed by atoms with E-state index in [-0.39, 0.29) is 57.9 Å². The number of halogens is 4. The van der Waals surface area contributed by atoms with Crippen LogP contribution < -0.4 is 26.8 Å². The zero-order valence-electron chi connectivity index (χ0n) is 24.6. The third kappa shape index (κ3) is 7.91. The summed E-state index contributed by atoms with van der Waals surface area (Å²) in [5, 5.41) is 13.2. The fourth-order valence-electron chi connectivity index (χ4n) is 5.35. The van der Waals surface area contributed by atoms with Gasteiger partial charge in [-0.25, -0.2) is 18.3 Å². The Morgan fingerprint density at radius 3 is 2.09 bits per heavy atom. The number of rotatable bonds is 6. The molecule has 1 unspecified atom stereocenters. The smallest absolute Gasteiger partial charge is 0.316 e. The Bertz CT molecular complexity index is 1680. The van der Waals surface area contributed by atoms with Crippen LogP contribution in [-0.2, 0) is 5.72 Å². The molecule has 6 nitrogen and oxygen atoms in total. The Kier molecular flexibility index (Phi) is 12.6. The Hall–Kier alpha value is -3.03. The molecule has 12 heteroatoms. The third-order valence-corrected chi connectivity index (χ3v) is 9.62. The number of β-amino-alcohol motifs (C(OH)–C–C–N with tert-alkyl or cyclic N) is 1. The highest BCUT2D eigenvalue weighted by Gasteiger charge is 2.54. The number of anilines is 2. The van der Waals surface area contributed by atoms with E-state index in [1.54, 1.807) is 35.7 Å². The van der Waals surface area contributed by atoms with Crippen molar-refractivity contribution in [2.45, 2.75) is 5.72 Å². The van der Waals surface area contributed by atoms with Gasteiger partial charge in [0, 0.05) is 28.3 Å². The van der Waals surface area contributed by atoms with Crippen LogP contribution >= 0.6 is 40.5 Å². The number of carbonyl (C=O) groups is 1. The van der Waals surface area contributed by atoms with Crippen molar-refractivity contribution in [2.75, 3.05) is 47.5 Å². The number of thioether (sulfide) groups is 2. The molecule has 3 heterocycles. The fourth-order valence-corrected chi connectivity index (χ4v) is 7.40. The van der Waals surface area contributed by atoms with Crippen molar-refractivity contribution < 1.29 is 40.2 Å². The molecule has 4 aromatic carbocycles. The van der Waals surface area contributed by atoms with Crippen molar-refractivity contribution in [1.82, 2.24) is 0 Å². The van der Waals surface area contributed by atoms with E-state index in [2.05, 4.69) is 9.89 Å². The van der Waals surface area contributed by atoms with Crippen LogP contribution in [0.1, 0.15) is 15.9 Å². The molecule has 0 amide bonds. The van der Waals surface area contributed by atoms with Gasteiger partial charge in [-0.05, 0) is 84.6 Å². The Balaban J connectivity index is 0.000000200. The lowest BCUT2D eigenvalue weighted by Gasteiger charge is -2.23. The third-order valence-electron chi connectivity index (χ3n) is 7.54. The normalized spacial score (nSPS) is 18.1. The molecule has 0 spiro atoms. The van der Waals surface area contributed by atoms with E-state index < -0.39 is 5.72 Å². The van der Waals surface area contributed by atoms with Crippen LogP contribution in [0.3, 0.4) is 0 Å². The molecule has 7 rings (SSSR count). The van der Waals surface area contributed by atoms with Gasteiger partial charge in [0.15, 0.2) is 17.5 Å². The van der Waals surface area contributed by atoms with Gasteiger partial charge in [-0.15, -0.1) is 17.0 Å². The van der Waals surface area contributed by atoms with Gasteiger partial charge in [0.25, 0.3) is 5.72 Å². The van der Waals surface area contributed by atoms with Gasteiger partial charge in [0.05, 0.1) is 19.6 Å². The van der Waals surface area contributed by atoms with Crippen LogP contribution in [0.25, 0.3) is 0 Å². The number of benzene rings is 4.